The van der Waals surface area contributed by atoms with Gasteiger partial charge in [0.15, 0.2) is 11.9 Å². The minimum absolute atomic E-state index is 0.00231. The first-order chi connectivity index (χ1) is 9.93. The van der Waals surface area contributed by atoms with Crippen molar-refractivity contribution in [2.24, 2.45) is 0 Å². The zero-order valence-electron chi connectivity index (χ0n) is 10.7. The van der Waals surface area contributed by atoms with Crippen LogP contribution in [0.3, 0.4) is 0 Å². The molecule has 0 amide bonds. The quantitative estimate of drug-likeness (QED) is 0.390. The van der Waals surface area contributed by atoms with Gasteiger partial charge in [-0.05, 0) is 22.6 Å². The maximum absolute atomic E-state index is 10.1. The smallest absolute Gasteiger partial charge is 0.223 e. The Hall–Kier alpha value is -1.21. The lowest BCUT2D eigenvalue weighted by Gasteiger charge is -2.17. The number of rotatable bonds is 2. The summed E-state index contributed by atoms with van der Waals surface area (Å²) in [5.41, 5.74) is 11.9. The molecule has 0 aliphatic carbocycles. The molecule has 114 valence electrons. The van der Waals surface area contributed by atoms with Gasteiger partial charge in [-0.25, -0.2) is 0 Å². The number of ether oxygens (including phenoxy) is 1. The van der Waals surface area contributed by atoms with Gasteiger partial charge in [0.2, 0.25) is 5.95 Å². The Kier molecular flexibility index (Phi) is 3.65. The molecule has 1 fully saturated rings. The summed E-state index contributed by atoms with van der Waals surface area (Å²) in [4.78, 5) is 8.02. The van der Waals surface area contributed by atoms with Crippen LogP contribution in [0.2, 0.25) is 0 Å². The zero-order valence-corrected chi connectivity index (χ0v) is 12.9. The van der Waals surface area contributed by atoms with E-state index >= 15 is 0 Å². The number of nitrogens with two attached hydrogens (primary N) is 2. The minimum atomic E-state index is -1.20. The molecule has 2 aromatic rings. The Balaban J connectivity index is 2.13. The van der Waals surface area contributed by atoms with E-state index < -0.39 is 31.1 Å². The molecule has 9 nitrogen and oxygen atoms in total. The minimum Gasteiger partial charge on any atom is -0.394 e. The van der Waals surface area contributed by atoms with Crippen molar-refractivity contribution < 1.29 is 20.1 Å². The average molecular weight is 407 g/mol. The van der Waals surface area contributed by atoms with E-state index in [2.05, 4.69) is 32.6 Å². The van der Waals surface area contributed by atoms with Gasteiger partial charge in [-0.3, -0.25) is 0 Å². The monoisotopic (exact) mass is 407 g/mol. The predicted octanol–water partition coefficient (Wildman–Crippen LogP) is -1.19. The first kappa shape index (κ1) is 14.7. The number of aliphatic hydroxyl groups is 3. The van der Waals surface area contributed by atoms with E-state index in [1.54, 1.807) is 6.20 Å². The molecule has 1 aliphatic rings. The molecule has 10 heteroatoms. The highest BCUT2D eigenvalue weighted by Gasteiger charge is 2.44. The number of halogens is 1. The summed E-state index contributed by atoms with van der Waals surface area (Å²) in [6, 6.07) is 0. The van der Waals surface area contributed by atoms with Crippen molar-refractivity contribution in [3.63, 3.8) is 0 Å². The van der Waals surface area contributed by atoms with E-state index in [0.29, 0.717) is 11.0 Å². The van der Waals surface area contributed by atoms with Crippen molar-refractivity contribution in [1.29, 1.82) is 0 Å². The van der Waals surface area contributed by atoms with Gasteiger partial charge in [0.25, 0.3) is 0 Å². The van der Waals surface area contributed by atoms with Crippen molar-refractivity contribution in [1.82, 2.24) is 14.5 Å². The number of nitrogens with zero attached hydrogens (tertiary/aromatic N) is 3. The lowest BCUT2D eigenvalue weighted by atomic mass is 10.1. The molecule has 7 N–H and O–H groups in total. The fourth-order valence-corrected chi connectivity index (χ4v) is 3.27. The topological polar surface area (TPSA) is 153 Å². The molecule has 0 unspecified atom stereocenters. The van der Waals surface area contributed by atoms with Crippen LogP contribution in [0, 0.1) is 3.57 Å². The average Bonchev–Trinajstić information content (AvgIpc) is 2.89. The van der Waals surface area contributed by atoms with Gasteiger partial charge in [0.05, 0.1) is 12.0 Å². The molecule has 2 aromatic heterocycles. The number of fused-ring (bicyclic) bond motifs is 1. The Morgan fingerprint density at radius 2 is 2.00 bits per heavy atom. The largest absolute Gasteiger partial charge is 0.394 e. The summed E-state index contributed by atoms with van der Waals surface area (Å²) in [5.74, 6) is 0.231. The van der Waals surface area contributed by atoms with E-state index in [1.807, 2.05) is 0 Å². The number of aromatic nitrogens is 3. The van der Waals surface area contributed by atoms with Gasteiger partial charge < -0.3 is 36.1 Å². The third-order valence-corrected chi connectivity index (χ3v) is 4.28. The Labute approximate surface area is 132 Å². The first-order valence-electron chi connectivity index (χ1n) is 6.15. The van der Waals surface area contributed by atoms with Crippen molar-refractivity contribution >= 4 is 45.4 Å². The van der Waals surface area contributed by atoms with Gasteiger partial charge >= 0.3 is 0 Å². The third kappa shape index (κ3) is 2.23. The fourth-order valence-electron chi connectivity index (χ4n) is 2.45. The summed E-state index contributed by atoms with van der Waals surface area (Å²) < 4.78 is 7.79. The molecule has 21 heavy (non-hydrogen) atoms. The van der Waals surface area contributed by atoms with Crippen LogP contribution in [0.5, 0.6) is 0 Å². The normalized spacial score (nSPS) is 29.3. The number of hydrogen-bond acceptors (Lipinski definition) is 8. The van der Waals surface area contributed by atoms with Crippen LogP contribution in [-0.2, 0) is 4.74 Å². The molecule has 0 radical (unpaired) electrons. The Bertz CT molecular complexity index is 693. The molecule has 0 saturated carbocycles. The fraction of sp³-hybridized carbons (Fsp3) is 0.455. The van der Waals surface area contributed by atoms with Crippen molar-refractivity contribution in [2.45, 2.75) is 24.5 Å². The van der Waals surface area contributed by atoms with Crippen molar-refractivity contribution in [3.05, 3.63) is 9.77 Å². The number of aliphatic hydroxyl groups excluding tert-OH is 3. The van der Waals surface area contributed by atoms with E-state index in [4.69, 9.17) is 21.3 Å². The van der Waals surface area contributed by atoms with Crippen LogP contribution < -0.4 is 11.5 Å². The van der Waals surface area contributed by atoms with Gasteiger partial charge in [0, 0.05) is 9.77 Å². The maximum atomic E-state index is 10.1. The summed E-state index contributed by atoms with van der Waals surface area (Å²) in [6.07, 6.45) is -2.47. The van der Waals surface area contributed by atoms with Crippen molar-refractivity contribution in [3.8, 4) is 0 Å². The first-order valence-corrected chi connectivity index (χ1v) is 7.23. The van der Waals surface area contributed by atoms with Crippen LogP contribution in [0.15, 0.2) is 6.20 Å². The molecule has 3 rings (SSSR count). The second-order valence-electron chi connectivity index (χ2n) is 4.78. The van der Waals surface area contributed by atoms with Crippen LogP contribution in [0.25, 0.3) is 11.0 Å². The van der Waals surface area contributed by atoms with Crippen LogP contribution in [-0.4, -0.2) is 54.8 Å². The third-order valence-electron chi connectivity index (χ3n) is 3.46. The molecule has 0 aromatic carbocycles. The molecule has 3 heterocycles. The van der Waals surface area contributed by atoms with Crippen molar-refractivity contribution in [2.75, 3.05) is 18.1 Å². The molecular weight excluding hydrogens is 393 g/mol. The Morgan fingerprint density at radius 3 is 2.62 bits per heavy atom. The predicted molar refractivity (Wildman–Crippen MR) is 82.1 cm³/mol. The lowest BCUT2D eigenvalue weighted by molar-refractivity contribution is -0.0509. The van der Waals surface area contributed by atoms with Gasteiger partial charge in [-0.2, -0.15) is 9.97 Å². The maximum Gasteiger partial charge on any atom is 0.223 e. The van der Waals surface area contributed by atoms with Crippen LogP contribution in [0.4, 0.5) is 11.8 Å². The summed E-state index contributed by atoms with van der Waals surface area (Å²) >= 11 is 2.06. The molecule has 0 spiro atoms. The highest BCUT2D eigenvalue weighted by molar-refractivity contribution is 14.1. The molecule has 1 aliphatic heterocycles. The Morgan fingerprint density at radius 1 is 1.29 bits per heavy atom. The van der Waals surface area contributed by atoms with E-state index in [0.717, 1.165) is 3.57 Å². The summed E-state index contributed by atoms with van der Waals surface area (Å²) in [5, 5.41) is 29.7. The second-order valence-corrected chi connectivity index (χ2v) is 5.94. The molecule has 1 saturated heterocycles. The van der Waals surface area contributed by atoms with E-state index in [9.17, 15) is 10.2 Å². The SMILES string of the molecule is Nc1nc(N)c2c(I)cn([C@@H]3O[C@H](CO)[C@@H](O)[C@H]3O)c2n1. The number of nitrogen functional groups attached to an aromatic ring is 2. The number of hydrogen-bond donors (Lipinski definition) is 5. The standard InChI is InChI=1S/C11H14IN5O4/c12-3-1-17(9-5(3)8(13)15-11(14)16-9)10-7(20)6(19)4(2-18)21-10/h1,4,6-7,10,18-20H,2H2,(H4,13,14,15,16)/t4-,6-,7-,10-/m1/s1. The highest BCUT2D eigenvalue weighted by Crippen LogP contribution is 2.35. The summed E-state index contributed by atoms with van der Waals surface area (Å²) in [6.45, 7) is -0.399. The van der Waals surface area contributed by atoms with Gasteiger partial charge in [-0.15, -0.1) is 0 Å². The molecule has 4 atom stereocenters. The lowest BCUT2D eigenvalue weighted by Crippen LogP contribution is -2.33. The van der Waals surface area contributed by atoms with Gasteiger partial charge in [-0.1, -0.05) is 0 Å². The van der Waals surface area contributed by atoms with Crippen LogP contribution >= 0.6 is 22.6 Å². The molecule has 0 bridgehead atoms. The molecular formula is C11H14IN5O4. The van der Waals surface area contributed by atoms with E-state index in [-0.39, 0.29) is 11.8 Å². The van der Waals surface area contributed by atoms with Gasteiger partial charge in [0.1, 0.15) is 24.1 Å². The second kappa shape index (κ2) is 5.21. The van der Waals surface area contributed by atoms with E-state index in [1.165, 1.54) is 4.57 Å². The van der Waals surface area contributed by atoms with Crippen LogP contribution in [0.1, 0.15) is 6.23 Å². The highest BCUT2D eigenvalue weighted by atomic mass is 127. The number of anilines is 2. The zero-order chi connectivity index (χ0) is 15.3. The summed E-state index contributed by atoms with van der Waals surface area (Å²) in [7, 11) is 0.